The summed E-state index contributed by atoms with van der Waals surface area (Å²) in [6.07, 6.45) is 7.30. The first-order valence-electron chi connectivity index (χ1n) is 6.51. The van der Waals surface area contributed by atoms with Crippen LogP contribution in [0.1, 0.15) is 18.7 Å². The van der Waals surface area contributed by atoms with Crippen molar-refractivity contribution >= 4 is 0 Å². The van der Waals surface area contributed by atoms with Gasteiger partial charge in [0.2, 0.25) is 0 Å². The average molecular weight is 239 g/mol. The molecule has 2 heterocycles. The van der Waals surface area contributed by atoms with Crippen LogP contribution in [-0.4, -0.2) is 22.6 Å². The second kappa shape index (κ2) is 5.27. The van der Waals surface area contributed by atoms with Crippen LogP contribution < -0.4 is 5.32 Å². The fraction of sp³-hybridized carbons (Fsp3) is 0.333. The Hall–Kier alpha value is -1.74. The van der Waals surface area contributed by atoms with Crippen LogP contribution in [0.4, 0.5) is 0 Å². The van der Waals surface area contributed by atoms with Crippen LogP contribution in [0.3, 0.4) is 0 Å². The number of nitrogens with zero attached hydrogens (tertiary/aromatic N) is 2. The average Bonchev–Trinajstić information content (AvgIpc) is 2.94. The lowest BCUT2D eigenvalue weighted by Crippen LogP contribution is -2.24. The first kappa shape index (κ1) is 11.4. The molecule has 1 aromatic carbocycles. The molecule has 1 saturated heterocycles. The second-order valence-corrected chi connectivity index (χ2v) is 4.75. The molecule has 3 nitrogen and oxygen atoms in total. The molecule has 0 saturated carbocycles. The molecule has 0 amide bonds. The smallest absolute Gasteiger partial charge is 0.129 e. The molecule has 1 aliphatic rings. The molecule has 1 atom stereocenters. The molecule has 3 rings (SSSR count). The molecule has 0 spiro atoms. The van der Waals surface area contributed by atoms with Crippen LogP contribution in [0, 0.1) is 0 Å². The van der Waals surface area contributed by atoms with Gasteiger partial charge >= 0.3 is 0 Å². The van der Waals surface area contributed by atoms with Crippen molar-refractivity contribution in [2.45, 2.75) is 25.3 Å². The van der Waals surface area contributed by atoms with Gasteiger partial charge < -0.3 is 5.32 Å². The monoisotopic (exact) mass is 239 g/mol. The van der Waals surface area contributed by atoms with Gasteiger partial charge in [-0.25, -0.2) is 9.97 Å². The number of hydrogen-bond acceptors (Lipinski definition) is 3. The van der Waals surface area contributed by atoms with Crippen molar-refractivity contribution in [1.29, 1.82) is 0 Å². The zero-order chi connectivity index (χ0) is 12.2. The van der Waals surface area contributed by atoms with Gasteiger partial charge in [-0.3, -0.25) is 0 Å². The minimum absolute atomic E-state index is 0.563. The van der Waals surface area contributed by atoms with Crippen molar-refractivity contribution in [2.75, 3.05) is 6.54 Å². The van der Waals surface area contributed by atoms with Crippen molar-refractivity contribution in [1.82, 2.24) is 15.3 Å². The highest BCUT2D eigenvalue weighted by Crippen LogP contribution is 2.17. The van der Waals surface area contributed by atoms with E-state index in [0.29, 0.717) is 6.04 Å². The van der Waals surface area contributed by atoms with Crippen LogP contribution in [0.2, 0.25) is 0 Å². The van der Waals surface area contributed by atoms with Gasteiger partial charge in [0.15, 0.2) is 0 Å². The minimum Gasteiger partial charge on any atom is -0.314 e. The van der Waals surface area contributed by atoms with Gasteiger partial charge in [0, 0.05) is 30.4 Å². The topological polar surface area (TPSA) is 37.8 Å². The Balaban J connectivity index is 1.72. The highest BCUT2D eigenvalue weighted by Gasteiger charge is 2.15. The predicted molar refractivity (Wildman–Crippen MR) is 72.2 cm³/mol. The molecule has 2 aromatic rings. The van der Waals surface area contributed by atoms with Crippen LogP contribution in [0.5, 0.6) is 0 Å². The summed E-state index contributed by atoms with van der Waals surface area (Å²) in [5.74, 6) is 0.939. The molecule has 0 bridgehead atoms. The fourth-order valence-electron chi connectivity index (χ4n) is 2.39. The summed E-state index contributed by atoms with van der Waals surface area (Å²) < 4.78 is 0. The van der Waals surface area contributed by atoms with Crippen LogP contribution in [0.15, 0.2) is 42.7 Å². The first-order valence-corrected chi connectivity index (χ1v) is 6.51. The summed E-state index contributed by atoms with van der Waals surface area (Å²) in [7, 11) is 0. The van der Waals surface area contributed by atoms with Gasteiger partial charge in [-0.05, 0) is 24.9 Å². The third-order valence-corrected chi connectivity index (χ3v) is 3.40. The maximum atomic E-state index is 4.47. The molecule has 3 heteroatoms. The maximum absolute atomic E-state index is 4.47. The predicted octanol–water partition coefficient (Wildman–Crippen LogP) is 2.44. The van der Waals surface area contributed by atoms with E-state index in [0.717, 1.165) is 24.4 Å². The van der Waals surface area contributed by atoms with Crippen LogP contribution in [-0.2, 0) is 6.42 Å². The van der Waals surface area contributed by atoms with Gasteiger partial charge in [0.25, 0.3) is 0 Å². The molecular formula is C15H17N3. The molecule has 0 aliphatic carbocycles. The van der Waals surface area contributed by atoms with E-state index in [1.54, 1.807) is 0 Å². The van der Waals surface area contributed by atoms with Gasteiger partial charge in [0.05, 0.1) is 0 Å². The largest absolute Gasteiger partial charge is 0.314 e. The Kier molecular flexibility index (Phi) is 3.33. The minimum atomic E-state index is 0.563. The second-order valence-electron chi connectivity index (χ2n) is 4.75. The van der Waals surface area contributed by atoms with Crippen molar-refractivity contribution in [3.8, 4) is 11.1 Å². The van der Waals surface area contributed by atoms with E-state index in [-0.39, 0.29) is 0 Å². The molecule has 1 fully saturated rings. The Labute approximate surface area is 107 Å². The lowest BCUT2D eigenvalue weighted by Gasteiger charge is -2.08. The lowest BCUT2D eigenvalue weighted by molar-refractivity contribution is 0.585. The van der Waals surface area contributed by atoms with E-state index in [1.807, 2.05) is 30.6 Å². The Morgan fingerprint density at radius 2 is 1.83 bits per heavy atom. The Morgan fingerprint density at radius 3 is 2.50 bits per heavy atom. The molecule has 18 heavy (non-hydrogen) atoms. The van der Waals surface area contributed by atoms with Gasteiger partial charge in [-0.2, -0.15) is 0 Å². The molecule has 1 N–H and O–H groups in total. The number of nitrogens with one attached hydrogen (secondary N) is 1. The molecular weight excluding hydrogens is 222 g/mol. The fourth-order valence-corrected chi connectivity index (χ4v) is 2.39. The summed E-state index contributed by atoms with van der Waals surface area (Å²) in [5.41, 5.74) is 2.25. The molecule has 92 valence electrons. The van der Waals surface area contributed by atoms with Gasteiger partial charge in [-0.1, -0.05) is 30.3 Å². The summed E-state index contributed by atoms with van der Waals surface area (Å²) in [5, 5.41) is 3.47. The van der Waals surface area contributed by atoms with E-state index in [1.165, 1.54) is 18.4 Å². The summed E-state index contributed by atoms with van der Waals surface area (Å²) in [6, 6.07) is 10.8. The summed E-state index contributed by atoms with van der Waals surface area (Å²) in [6.45, 7) is 1.13. The highest BCUT2D eigenvalue weighted by molar-refractivity contribution is 5.60. The van der Waals surface area contributed by atoms with Crippen molar-refractivity contribution in [2.24, 2.45) is 0 Å². The standard InChI is InChI=1S/C15H17N3/c1-2-5-12(6-3-1)13-10-17-15(18-11-13)9-14-7-4-8-16-14/h1-3,5-6,10-11,14,16H,4,7-9H2. The Bertz CT molecular complexity index is 487. The lowest BCUT2D eigenvalue weighted by atomic mass is 10.1. The van der Waals surface area contributed by atoms with E-state index < -0.39 is 0 Å². The quantitative estimate of drug-likeness (QED) is 0.894. The maximum Gasteiger partial charge on any atom is 0.129 e. The summed E-state index contributed by atoms with van der Waals surface area (Å²) >= 11 is 0. The number of aromatic nitrogens is 2. The summed E-state index contributed by atoms with van der Waals surface area (Å²) in [4.78, 5) is 8.93. The molecule has 1 unspecified atom stereocenters. The number of benzene rings is 1. The van der Waals surface area contributed by atoms with Crippen LogP contribution >= 0.6 is 0 Å². The molecule has 0 radical (unpaired) electrons. The third-order valence-electron chi connectivity index (χ3n) is 3.40. The molecule has 1 aliphatic heterocycles. The zero-order valence-electron chi connectivity index (χ0n) is 10.3. The number of hydrogen-bond donors (Lipinski definition) is 1. The highest BCUT2D eigenvalue weighted by atomic mass is 15.0. The van der Waals surface area contributed by atoms with E-state index in [2.05, 4.69) is 27.4 Å². The Morgan fingerprint density at radius 1 is 1.06 bits per heavy atom. The van der Waals surface area contributed by atoms with E-state index in [4.69, 9.17) is 0 Å². The zero-order valence-corrected chi connectivity index (χ0v) is 10.3. The van der Waals surface area contributed by atoms with Crippen molar-refractivity contribution in [3.63, 3.8) is 0 Å². The van der Waals surface area contributed by atoms with Gasteiger partial charge in [0.1, 0.15) is 5.82 Å². The van der Waals surface area contributed by atoms with Crippen molar-refractivity contribution in [3.05, 3.63) is 48.5 Å². The first-order chi connectivity index (χ1) is 8.92. The number of rotatable bonds is 3. The van der Waals surface area contributed by atoms with Crippen molar-refractivity contribution < 1.29 is 0 Å². The SMILES string of the molecule is c1ccc(-c2cnc(CC3CCCN3)nc2)cc1. The van der Waals surface area contributed by atoms with Gasteiger partial charge in [-0.15, -0.1) is 0 Å². The van der Waals surface area contributed by atoms with Crippen LogP contribution in [0.25, 0.3) is 11.1 Å². The molecule has 1 aromatic heterocycles. The van der Waals surface area contributed by atoms with E-state index >= 15 is 0 Å². The normalized spacial score (nSPS) is 19.0. The third kappa shape index (κ3) is 2.57. The van der Waals surface area contributed by atoms with E-state index in [9.17, 15) is 0 Å².